The summed E-state index contributed by atoms with van der Waals surface area (Å²) in [6.45, 7) is 11.5. The molecule has 0 heterocycles. The molecular weight excluding hydrogens is 234 g/mol. The van der Waals surface area contributed by atoms with Crippen LogP contribution >= 0.6 is 11.6 Å². The van der Waals surface area contributed by atoms with E-state index in [1.807, 2.05) is 25.1 Å². The van der Waals surface area contributed by atoms with Crippen LogP contribution in [0.3, 0.4) is 0 Å². The Hall–Kier alpha value is -0.990. The highest BCUT2D eigenvalue weighted by Crippen LogP contribution is 2.23. The Kier molecular flexibility index (Phi) is 5.52. The van der Waals surface area contributed by atoms with Crippen molar-refractivity contribution >= 4 is 17.4 Å². The molecule has 0 saturated heterocycles. The molecular formula is C14H20ClNO. The third kappa shape index (κ3) is 4.41. The summed E-state index contributed by atoms with van der Waals surface area (Å²) in [6, 6.07) is 6.24. The molecule has 0 aromatic heterocycles. The number of hydrogen-bond donors (Lipinski definition) is 1. The van der Waals surface area contributed by atoms with Crippen molar-refractivity contribution in [2.75, 3.05) is 6.61 Å². The van der Waals surface area contributed by atoms with E-state index in [4.69, 9.17) is 16.3 Å². The van der Waals surface area contributed by atoms with Crippen LogP contribution in [0.1, 0.15) is 31.9 Å². The molecule has 94 valence electrons. The Morgan fingerprint density at radius 2 is 2.18 bits per heavy atom. The van der Waals surface area contributed by atoms with Gasteiger partial charge in [0.15, 0.2) is 0 Å². The predicted molar refractivity (Wildman–Crippen MR) is 74.1 cm³/mol. The second-order valence-electron chi connectivity index (χ2n) is 4.19. The van der Waals surface area contributed by atoms with Crippen LogP contribution in [0.15, 0.2) is 24.8 Å². The molecule has 0 spiro atoms. The third-order valence-electron chi connectivity index (χ3n) is 2.39. The highest BCUT2D eigenvalue weighted by Gasteiger charge is 2.08. The monoisotopic (exact) mass is 253 g/mol. The number of hydrogen-bond acceptors (Lipinski definition) is 2. The summed E-state index contributed by atoms with van der Waals surface area (Å²) in [5.41, 5.74) is 2.13. The van der Waals surface area contributed by atoms with E-state index >= 15 is 0 Å². The summed E-state index contributed by atoms with van der Waals surface area (Å²) < 4.78 is 5.45. The Bertz CT molecular complexity index is 388. The molecule has 1 aromatic carbocycles. The Balaban J connectivity index is 2.91. The van der Waals surface area contributed by atoms with E-state index in [2.05, 4.69) is 25.7 Å². The average Bonchev–Trinajstić information content (AvgIpc) is 2.27. The minimum absolute atomic E-state index is 0.443. The third-order valence-corrected chi connectivity index (χ3v) is 2.63. The van der Waals surface area contributed by atoms with Gasteiger partial charge < -0.3 is 10.1 Å². The molecule has 0 atom stereocenters. The lowest BCUT2D eigenvalue weighted by Gasteiger charge is -2.15. The molecule has 0 unspecified atom stereocenters. The van der Waals surface area contributed by atoms with Crippen LogP contribution in [0.25, 0.3) is 5.76 Å². The van der Waals surface area contributed by atoms with Crippen LogP contribution < -0.4 is 5.32 Å². The second kappa shape index (κ2) is 6.67. The summed E-state index contributed by atoms with van der Waals surface area (Å²) in [7, 11) is 0. The zero-order valence-corrected chi connectivity index (χ0v) is 11.5. The first-order valence-electron chi connectivity index (χ1n) is 5.88. The van der Waals surface area contributed by atoms with Crippen molar-refractivity contribution in [2.24, 2.45) is 0 Å². The Morgan fingerprint density at radius 3 is 2.76 bits per heavy atom. The largest absolute Gasteiger partial charge is 0.494 e. The minimum atomic E-state index is 0.443. The summed E-state index contributed by atoms with van der Waals surface area (Å²) in [6.07, 6.45) is 0. The smallest absolute Gasteiger partial charge is 0.119 e. The second-order valence-corrected chi connectivity index (χ2v) is 4.63. The highest BCUT2D eigenvalue weighted by atomic mass is 35.5. The summed E-state index contributed by atoms with van der Waals surface area (Å²) in [5, 5.41) is 4.08. The van der Waals surface area contributed by atoms with Crippen LogP contribution in [0.5, 0.6) is 0 Å². The predicted octanol–water partition coefficient (Wildman–Crippen LogP) is 3.85. The van der Waals surface area contributed by atoms with Crippen LogP contribution in [0, 0.1) is 0 Å². The van der Waals surface area contributed by atoms with Gasteiger partial charge in [0.2, 0.25) is 0 Å². The van der Waals surface area contributed by atoms with Gasteiger partial charge in [-0.1, -0.05) is 38.1 Å². The Morgan fingerprint density at radius 1 is 1.47 bits per heavy atom. The summed E-state index contributed by atoms with van der Waals surface area (Å²) >= 11 is 6.01. The molecule has 0 saturated carbocycles. The topological polar surface area (TPSA) is 21.3 Å². The number of rotatable bonds is 6. The van der Waals surface area contributed by atoms with Gasteiger partial charge in [0.05, 0.1) is 6.61 Å². The van der Waals surface area contributed by atoms with Crippen molar-refractivity contribution in [3.63, 3.8) is 0 Å². The van der Waals surface area contributed by atoms with Gasteiger partial charge in [-0.25, -0.2) is 0 Å². The van der Waals surface area contributed by atoms with Gasteiger partial charge in [0, 0.05) is 23.2 Å². The first-order chi connectivity index (χ1) is 8.04. The van der Waals surface area contributed by atoms with E-state index in [9.17, 15) is 0 Å². The fraction of sp³-hybridized carbons (Fsp3) is 0.429. The van der Waals surface area contributed by atoms with Crippen LogP contribution in [0.2, 0.25) is 5.02 Å². The SMILES string of the molecule is C=C(OCC)c1cc(Cl)ccc1CNC(C)C. The number of benzene rings is 1. The molecule has 1 rings (SSSR count). The van der Waals surface area contributed by atoms with Gasteiger partial charge in [-0.3, -0.25) is 0 Å². The van der Waals surface area contributed by atoms with Crippen molar-refractivity contribution in [1.29, 1.82) is 0 Å². The first-order valence-corrected chi connectivity index (χ1v) is 6.26. The maximum Gasteiger partial charge on any atom is 0.119 e. The molecule has 2 nitrogen and oxygen atoms in total. The zero-order valence-electron chi connectivity index (χ0n) is 10.7. The maximum absolute atomic E-state index is 6.01. The molecule has 0 radical (unpaired) electrons. The normalized spacial score (nSPS) is 10.6. The zero-order chi connectivity index (χ0) is 12.8. The van der Waals surface area contributed by atoms with E-state index in [1.54, 1.807) is 0 Å². The van der Waals surface area contributed by atoms with Gasteiger partial charge in [0.1, 0.15) is 5.76 Å². The van der Waals surface area contributed by atoms with Crippen molar-refractivity contribution in [2.45, 2.75) is 33.4 Å². The molecule has 0 fully saturated rings. The number of nitrogens with one attached hydrogen (secondary N) is 1. The van der Waals surface area contributed by atoms with Crippen LogP contribution in [0.4, 0.5) is 0 Å². The number of ether oxygens (including phenoxy) is 1. The fourth-order valence-corrected chi connectivity index (χ4v) is 1.70. The first kappa shape index (κ1) is 14.1. The van der Waals surface area contributed by atoms with Gasteiger partial charge in [0.25, 0.3) is 0 Å². The molecule has 1 aromatic rings. The van der Waals surface area contributed by atoms with Gasteiger partial charge in [-0.2, -0.15) is 0 Å². The molecule has 0 aliphatic heterocycles. The molecule has 17 heavy (non-hydrogen) atoms. The van der Waals surface area contributed by atoms with E-state index in [1.165, 1.54) is 0 Å². The van der Waals surface area contributed by atoms with Crippen LogP contribution in [-0.2, 0) is 11.3 Å². The summed E-state index contributed by atoms with van der Waals surface area (Å²) in [4.78, 5) is 0. The van der Waals surface area contributed by atoms with E-state index in [-0.39, 0.29) is 0 Å². The molecule has 0 aliphatic carbocycles. The van der Waals surface area contributed by atoms with Crippen molar-refractivity contribution in [1.82, 2.24) is 5.32 Å². The van der Waals surface area contributed by atoms with Gasteiger partial charge >= 0.3 is 0 Å². The quantitative estimate of drug-likeness (QED) is 0.778. The lowest BCUT2D eigenvalue weighted by Crippen LogP contribution is -2.22. The molecule has 1 N–H and O–H groups in total. The average molecular weight is 254 g/mol. The number of halogens is 1. The van der Waals surface area contributed by atoms with E-state index in [0.29, 0.717) is 23.4 Å². The van der Waals surface area contributed by atoms with Gasteiger partial charge in [-0.15, -0.1) is 0 Å². The minimum Gasteiger partial charge on any atom is -0.494 e. The lowest BCUT2D eigenvalue weighted by molar-refractivity contribution is 0.298. The van der Waals surface area contributed by atoms with E-state index < -0.39 is 0 Å². The molecule has 3 heteroatoms. The van der Waals surface area contributed by atoms with Crippen molar-refractivity contribution < 1.29 is 4.74 Å². The van der Waals surface area contributed by atoms with Crippen molar-refractivity contribution in [3.05, 3.63) is 40.9 Å². The standard InChI is InChI=1S/C14H20ClNO/c1-5-17-11(4)14-8-13(15)7-6-12(14)9-16-10(2)3/h6-8,10,16H,4-5,9H2,1-3H3. The molecule has 0 bridgehead atoms. The van der Waals surface area contributed by atoms with Crippen LogP contribution in [-0.4, -0.2) is 12.6 Å². The maximum atomic E-state index is 6.01. The van der Waals surface area contributed by atoms with E-state index in [0.717, 1.165) is 17.7 Å². The van der Waals surface area contributed by atoms with Gasteiger partial charge in [-0.05, 0) is 24.6 Å². The summed E-state index contributed by atoms with van der Waals surface area (Å²) in [5.74, 6) is 0.676. The van der Waals surface area contributed by atoms with Crippen molar-refractivity contribution in [3.8, 4) is 0 Å². The molecule has 0 amide bonds. The lowest BCUT2D eigenvalue weighted by atomic mass is 10.1. The Labute approximate surface area is 109 Å². The molecule has 0 aliphatic rings. The highest BCUT2D eigenvalue weighted by molar-refractivity contribution is 6.30. The fourth-order valence-electron chi connectivity index (χ4n) is 1.53.